The number of allylic oxidation sites excluding steroid dienone is 4. The molecule has 0 aliphatic heterocycles. The largest absolute Gasteiger partial charge is 0.488 e. The zero-order valence-corrected chi connectivity index (χ0v) is 19.1. The van der Waals surface area contributed by atoms with Gasteiger partial charge in [-0.3, -0.25) is 0 Å². The summed E-state index contributed by atoms with van der Waals surface area (Å²) in [7, 11) is -1.52. The number of hydrogen-bond donors (Lipinski definition) is 2. The van der Waals surface area contributed by atoms with Crippen molar-refractivity contribution in [2.24, 2.45) is 0 Å². The van der Waals surface area contributed by atoms with Gasteiger partial charge >= 0.3 is 7.12 Å². The van der Waals surface area contributed by atoms with Crippen molar-refractivity contribution >= 4 is 57.2 Å². The first-order valence-electron chi connectivity index (χ1n) is 11.3. The third kappa shape index (κ3) is 4.31. The third-order valence-corrected chi connectivity index (χ3v) is 6.05. The van der Waals surface area contributed by atoms with Crippen LogP contribution < -0.4 is 10.4 Å². The molecule has 170 valence electrons. The van der Waals surface area contributed by atoms with Crippen molar-refractivity contribution in [3.05, 3.63) is 128 Å². The first-order chi connectivity index (χ1) is 17.1. The molecular weight excluding hydrogens is 433 g/mol. The van der Waals surface area contributed by atoms with Crippen LogP contribution in [0.25, 0.3) is 27.5 Å². The fourth-order valence-corrected chi connectivity index (χ4v) is 4.31. The van der Waals surface area contributed by atoms with E-state index in [1.165, 1.54) is 0 Å². The van der Waals surface area contributed by atoms with Gasteiger partial charge in [0.15, 0.2) is 0 Å². The van der Waals surface area contributed by atoms with Gasteiger partial charge in [-0.2, -0.15) is 0 Å². The van der Waals surface area contributed by atoms with E-state index >= 15 is 0 Å². The number of nitrogens with zero attached hydrogens (tertiary/aromatic N) is 1. The SMILES string of the molecule is C=C/C=C(\C=C)c1ccc(N(c2ccc(B(O)O)cc2)c2ccc3c(c2)oc2ccccc23)cc1. The Hall–Kier alpha value is -4.32. The molecule has 0 aliphatic carbocycles. The molecule has 0 fully saturated rings. The summed E-state index contributed by atoms with van der Waals surface area (Å²) < 4.78 is 6.14. The molecule has 0 unspecified atom stereocenters. The van der Waals surface area contributed by atoms with Crippen LogP contribution in [0, 0.1) is 0 Å². The summed E-state index contributed by atoms with van der Waals surface area (Å²) in [5.41, 5.74) is 6.86. The zero-order valence-electron chi connectivity index (χ0n) is 19.1. The molecule has 35 heavy (non-hydrogen) atoms. The van der Waals surface area contributed by atoms with E-state index in [-0.39, 0.29) is 0 Å². The molecule has 1 aromatic heterocycles. The molecule has 0 spiro atoms. The average Bonchev–Trinajstić information content (AvgIpc) is 3.26. The maximum absolute atomic E-state index is 9.53. The van der Waals surface area contributed by atoms with Crippen LogP contribution in [-0.4, -0.2) is 17.2 Å². The average molecular weight is 457 g/mol. The van der Waals surface area contributed by atoms with Crippen molar-refractivity contribution in [3.63, 3.8) is 0 Å². The highest BCUT2D eigenvalue weighted by Gasteiger charge is 2.17. The van der Waals surface area contributed by atoms with Crippen LogP contribution >= 0.6 is 0 Å². The van der Waals surface area contributed by atoms with Crippen molar-refractivity contribution in [3.8, 4) is 0 Å². The van der Waals surface area contributed by atoms with E-state index in [2.05, 4.69) is 36.3 Å². The third-order valence-electron chi connectivity index (χ3n) is 6.05. The molecular formula is C30H24BNO3. The van der Waals surface area contributed by atoms with Crippen LogP contribution in [0.3, 0.4) is 0 Å². The number of furan rings is 1. The van der Waals surface area contributed by atoms with E-state index in [1.807, 2.05) is 72.8 Å². The van der Waals surface area contributed by atoms with Crippen molar-refractivity contribution in [1.82, 2.24) is 0 Å². The van der Waals surface area contributed by atoms with Gasteiger partial charge < -0.3 is 19.4 Å². The summed E-state index contributed by atoms with van der Waals surface area (Å²) in [4.78, 5) is 2.11. The molecule has 5 aromatic rings. The highest BCUT2D eigenvalue weighted by Crippen LogP contribution is 2.38. The molecule has 1 heterocycles. The van der Waals surface area contributed by atoms with Gasteiger partial charge in [0.25, 0.3) is 0 Å². The molecule has 2 N–H and O–H groups in total. The monoisotopic (exact) mass is 457 g/mol. The normalized spacial score (nSPS) is 11.5. The molecule has 0 aliphatic rings. The number of rotatable bonds is 7. The van der Waals surface area contributed by atoms with Crippen LogP contribution in [0.5, 0.6) is 0 Å². The highest BCUT2D eigenvalue weighted by molar-refractivity contribution is 6.58. The molecule has 0 saturated carbocycles. The van der Waals surface area contributed by atoms with Gasteiger partial charge in [0.2, 0.25) is 0 Å². The minimum atomic E-state index is -1.52. The van der Waals surface area contributed by atoms with Gasteiger partial charge in [-0.05, 0) is 59.1 Å². The Morgan fingerprint density at radius 2 is 1.37 bits per heavy atom. The van der Waals surface area contributed by atoms with Crippen molar-refractivity contribution in [2.75, 3.05) is 4.90 Å². The van der Waals surface area contributed by atoms with Crippen LogP contribution in [0.15, 0.2) is 127 Å². The summed E-state index contributed by atoms with van der Waals surface area (Å²) in [6.45, 7) is 7.68. The van der Waals surface area contributed by atoms with Gasteiger partial charge in [-0.15, -0.1) is 0 Å². The van der Waals surface area contributed by atoms with Crippen molar-refractivity contribution in [2.45, 2.75) is 0 Å². The van der Waals surface area contributed by atoms with Crippen LogP contribution in [0.4, 0.5) is 17.1 Å². The molecule has 4 nitrogen and oxygen atoms in total. The van der Waals surface area contributed by atoms with E-state index in [0.29, 0.717) is 5.46 Å². The van der Waals surface area contributed by atoms with Gasteiger partial charge in [0.05, 0.1) is 0 Å². The first-order valence-corrected chi connectivity index (χ1v) is 11.3. The summed E-state index contributed by atoms with van der Waals surface area (Å²) >= 11 is 0. The standard InChI is InChI=1S/C30H24BNO3/c1-3-7-21(4-2)22-10-14-24(15-11-22)32(25-16-12-23(13-17-25)31(33)34)26-18-19-28-27-8-5-6-9-29(27)35-30(28)20-26/h3-20,33-34H,1-2H2/b21-7+. The molecule has 0 amide bonds. The highest BCUT2D eigenvalue weighted by atomic mass is 16.4. The van der Waals surface area contributed by atoms with E-state index < -0.39 is 7.12 Å². The van der Waals surface area contributed by atoms with Crippen LogP contribution in [-0.2, 0) is 0 Å². The van der Waals surface area contributed by atoms with E-state index in [9.17, 15) is 10.0 Å². The Labute approximate surface area is 204 Å². The lowest BCUT2D eigenvalue weighted by molar-refractivity contribution is 0.426. The first kappa shape index (κ1) is 22.5. The summed E-state index contributed by atoms with van der Waals surface area (Å²) in [5.74, 6) is 0. The second-order valence-corrected chi connectivity index (χ2v) is 8.19. The Morgan fingerprint density at radius 1 is 0.743 bits per heavy atom. The topological polar surface area (TPSA) is 56.8 Å². The van der Waals surface area contributed by atoms with E-state index in [0.717, 1.165) is 50.1 Å². The molecule has 0 bridgehead atoms. The Morgan fingerprint density at radius 3 is 2.03 bits per heavy atom. The molecule has 0 saturated heterocycles. The molecule has 5 heteroatoms. The summed E-state index contributed by atoms with van der Waals surface area (Å²) in [5, 5.41) is 21.2. The lowest BCUT2D eigenvalue weighted by atomic mass is 9.80. The Bertz CT molecular complexity index is 1550. The summed E-state index contributed by atoms with van der Waals surface area (Å²) in [6, 6.07) is 29.5. The fourth-order valence-electron chi connectivity index (χ4n) is 4.31. The van der Waals surface area contributed by atoms with E-state index in [4.69, 9.17) is 4.42 Å². The number of hydrogen-bond acceptors (Lipinski definition) is 4. The molecule has 5 rings (SSSR count). The predicted molar refractivity (Wildman–Crippen MR) is 147 cm³/mol. The minimum Gasteiger partial charge on any atom is -0.456 e. The van der Waals surface area contributed by atoms with Gasteiger partial charge in [-0.25, -0.2) is 0 Å². The molecule has 4 aromatic carbocycles. The zero-order chi connectivity index (χ0) is 24.4. The lowest BCUT2D eigenvalue weighted by Crippen LogP contribution is -2.29. The van der Waals surface area contributed by atoms with Gasteiger partial charge in [-0.1, -0.05) is 73.9 Å². The second-order valence-electron chi connectivity index (χ2n) is 8.19. The Kier molecular flexibility index (Phi) is 6.11. The maximum Gasteiger partial charge on any atom is 0.488 e. The minimum absolute atomic E-state index is 0.432. The number of benzene rings is 4. The van der Waals surface area contributed by atoms with Gasteiger partial charge in [0, 0.05) is 33.9 Å². The Balaban J connectivity index is 1.64. The predicted octanol–water partition coefficient (Wildman–Crippen LogP) is 6.49. The van der Waals surface area contributed by atoms with Gasteiger partial charge in [0.1, 0.15) is 11.2 Å². The smallest absolute Gasteiger partial charge is 0.456 e. The molecule has 0 atom stereocenters. The molecule has 0 radical (unpaired) electrons. The summed E-state index contributed by atoms with van der Waals surface area (Å²) in [6.07, 6.45) is 5.48. The van der Waals surface area contributed by atoms with Crippen molar-refractivity contribution in [1.29, 1.82) is 0 Å². The number of fused-ring (bicyclic) bond motifs is 3. The second kappa shape index (κ2) is 9.51. The number of para-hydroxylation sites is 1. The lowest BCUT2D eigenvalue weighted by Gasteiger charge is -2.26. The van der Waals surface area contributed by atoms with Crippen LogP contribution in [0.2, 0.25) is 0 Å². The fraction of sp³-hybridized carbons (Fsp3) is 0. The maximum atomic E-state index is 9.53. The quantitative estimate of drug-likeness (QED) is 0.217. The number of anilines is 3. The van der Waals surface area contributed by atoms with Crippen LogP contribution in [0.1, 0.15) is 5.56 Å². The van der Waals surface area contributed by atoms with E-state index in [1.54, 1.807) is 18.2 Å². The van der Waals surface area contributed by atoms with Crippen molar-refractivity contribution < 1.29 is 14.5 Å².